The summed E-state index contributed by atoms with van der Waals surface area (Å²) in [6.45, 7) is 4.71. The summed E-state index contributed by atoms with van der Waals surface area (Å²) in [5, 5.41) is 10.3. The van der Waals surface area contributed by atoms with Crippen molar-refractivity contribution in [3.63, 3.8) is 0 Å². The normalized spacial score (nSPS) is 7.12. The molecule has 0 aliphatic carbocycles. The molecule has 4 heteroatoms. The van der Waals surface area contributed by atoms with Crippen LogP contribution in [0.1, 0.15) is 0 Å². The molecule has 0 atom stereocenters. The van der Waals surface area contributed by atoms with E-state index in [1.54, 1.807) is 0 Å². The molecule has 0 saturated heterocycles. The molecule has 0 aromatic rings. The Morgan fingerprint density at radius 2 is 2.38 bits per heavy atom. The molecule has 0 radical (unpaired) electrons. The minimum atomic E-state index is -0.969. The van der Waals surface area contributed by atoms with Gasteiger partial charge in [-0.3, -0.25) is 4.79 Å². The molecule has 0 fully saturated rings. The van der Waals surface area contributed by atoms with Crippen LogP contribution in [-0.2, 0) is 25.9 Å². The van der Waals surface area contributed by atoms with E-state index in [4.69, 9.17) is 5.11 Å². The van der Waals surface area contributed by atoms with E-state index in [0.29, 0.717) is 6.54 Å². The number of hydrogen-bond acceptors (Lipinski definition) is 2. The number of carboxylic acids is 1. The first kappa shape index (κ1) is 10.9. The van der Waals surface area contributed by atoms with Crippen LogP contribution in [0.2, 0.25) is 0 Å². The molecule has 0 saturated carbocycles. The average Bonchev–Trinajstić information content (AvgIpc) is 1.61. The van der Waals surface area contributed by atoms with Crippen LogP contribution >= 0.6 is 0 Å². The maximum Gasteiger partial charge on any atom is 2.00 e. The zero-order valence-electron chi connectivity index (χ0n) is 4.26. The number of nitrogens with one attached hydrogen (secondary N) is 1. The average molecular weight is 285 g/mol. The topological polar surface area (TPSA) is 49.3 Å². The molecule has 8 heavy (non-hydrogen) atoms. The summed E-state index contributed by atoms with van der Waals surface area (Å²) in [5.41, 5.74) is 0. The number of carboxylic acid groups (broad SMARTS) is 1. The first-order chi connectivity index (χ1) is 3.27. The molecule has 0 aromatic carbocycles. The van der Waals surface area contributed by atoms with Gasteiger partial charge in [-0.1, -0.05) is 0 Å². The molecular weight excluding hydrogens is 278 g/mol. The predicted molar refractivity (Wildman–Crippen MR) is 25.3 cm³/mol. The molecule has 0 rings (SSSR count). The van der Waals surface area contributed by atoms with Crippen molar-refractivity contribution >= 4 is 5.97 Å². The van der Waals surface area contributed by atoms with Crippen molar-refractivity contribution in [3.05, 3.63) is 13.5 Å². The molecule has 2 N–H and O–H groups in total. The summed E-state index contributed by atoms with van der Waals surface area (Å²) < 4.78 is 0. The van der Waals surface area contributed by atoms with Gasteiger partial charge in [-0.15, -0.1) is 0 Å². The van der Waals surface area contributed by atoms with Gasteiger partial charge in [-0.25, -0.2) is 6.54 Å². The van der Waals surface area contributed by atoms with Crippen LogP contribution in [0.15, 0.2) is 0 Å². The molecule has 0 spiro atoms. The number of carbonyl (C=O) groups is 1. The van der Waals surface area contributed by atoms with E-state index in [0.717, 1.165) is 6.54 Å². The molecule has 0 aliphatic rings. The van der Waals surface area contributed by atoms with E-state index in [-0.39, 0.29) is 21.1 Å². The van der Waals surface area contributed by atoms with Crippen molar-refractivity contribution in [2.45, 2.75) is 0 Å². The van der Waals surface area contributed by atoms with Crippen LogP contribution in [-0.4, -0.2) is 17.6 Å². The van der Waals surface area contributed by atoms with Crippen molar-refractivity contribution in [2.75, 3.05) is 6.54 Å². The van der Waals surface area contributed by atoms with Crippen LogP contribution in [0.25, 0.3) is 0 Å². The summed E-state index contributed by atoms with van der Waals surface area (Å²) in [6, 6.07) is 0. The van der Waals surface area contributed by atoms with Gasteiger partial charge >= 0.3 is 21.1 Å². The zero-order chi connectivity index (χ0) is 5.70. The quantitative estimate of drug-likeness (QED) is 0.697. The van der Waals surface area contributed by atoms with Crippen LogP contribution in [0.4, 0.5) is 0 Å². The first-order valence-corrected chi connectivity index (χ1v) is 1.86. The Morgan fingerprint density at radius 1 is 1.88 bits per heavy atom. The van der Waals surface area contributed by atoms with Crippen molar-refractivity contribution < 1.29 is 31.0 Å². The minimum absolute atomic E-state index is 0. The molecule has 3 nitrogen and oxygen atoms in total. The fraction of sp³-hybridized carbons (Fsp3) is 0.250. The summed E-state index contributed by atoms with van der Waals surface area (Å²) in [5.74, 6) is -0.969. The van der Waals surface area contributed by atoms with E-state index in [9.17, 15) is 4.79 Å². The van der Waals surface area contributed by atoms with Gasteiger partial charge in [-0.2, -0.15) is 6.54 Å². The number of rotatable bonds is 3. The molecule has 0 heterocycles. The maximum atomic E-state index is 9.61. The summed E-state index contributed by atoms with van der Waals surface area (Å²) in [7, 11) is 0. The second-order valence-electron chi connectivity index (χ2n) is 0.937. The maximum absolute atomic E-state index is 9.61. The van der Waals surface area contributed by atoms with E-state index >= 15 is 0 Å². The minimum Gasteiger partial charge on any atom is -0.502 e. The van der Waals surface area contributed by atoms with Gasteiger partial charge in [-0.05, 0) is 0 Å². The molecule has 0 unspecified atom stereocenters. The van der Waals surface area contributed by atoms with Crippen LogP contribution in [0.5, 0.6) is 0 Å². The van der Waals surface area contributed by atoms with E-state index in [1.165, 1.54) is 0 Å². The van der Waals surface area contributed by atoms with Gasteiger partial charge in [0.1, 0.15) is 0 Å². The Labute approximate surface area is 62.7 Å². The fourth-order valence-electron chi connectivity index (χ4n) is 0.159. The molecule has 0 amide bonds. The van der Waals surface area contributed by atoms with Crippen LogP contribution in [0, 0.1) is 13.5 Å². The molecule has 0 bridgehead atoms. The van der Waals surface area contributed by atoms with E-state index in [1.807, 2.05) is 0 Å². The molecule has 46 valence electrons. The fourth-order valence-corrected chi connectivity index (χ4v) is 0.159. The Balaban J connectivity index is 0. The third-order valence-corrected chi connectivity index (χ3v) is 0.370. The van der Waals surface area contributed by atoms with Crippen molar-refractivity contribution in [1.29, 1.82) is 0 Å². The smallest absolute Gasteiger partial charge is 0.502 e. The monoisotopic (exact) mass is 285 g/mol. The standard InChI is InChI=1S/C4H7NO2.W/c1-2-5-3-4(6)7;/h3,5H,1-2H2,(H,6,7);/q-2;+2. The predicted octanol–water partition coefficient (Wildman–Crippen LogP) is -0.346. The van der Waals surface area contributed by atoms with E-state index in [2.05, 4.69) is 12.2 Å². The zero-order valence-corrected chi connectivity index (χ0v) is 7.19. The second-order valence-corrected chi connectivity index (χ2v) is 0.937. The van der Waals surface area contributed by atoms with Crippen molar-refractivity contribution in [3.8, 4) is 0 Å². The Hall–Kier alpha value is -0.0117. The number of aliphatic carboxylic acids is 1. The Morgan fingerprint density at radius 3 is 2.50 bits per heavy atom. The third-order valence-electron chi connectivity index (χ3n) is 0.370. The third kappa shape index (κ3) is 9.37. The van der Waals surface area contributed by atoms with Gasteiger partial charge in [0.05, 0.1) is 0 Å². The van der Waals surface area contributed by atoms with Gasteiger partial charge in [0, 0.05) is 0 Å². The van der Waals surface area contributed by atoms with Gasteiger partial charge in [0.25, 0.3) is 0 Å². The molecule has 0 aliphatic heterocycles. The van der Waals surface area contributed by atoms with E-state index < -0.39 is 5.97 Å². The Kier molecular flexibility index (Phi) is 9.50. The largest absolute Gasteiger partial charge is 2.00 e. The van der Waals surface area contributed by atoms with Crippen LogP contribution in [0.3, 0.4) is 0 Å². The van der Waals surface area contributed by atoms with Crippen LogP contribution < -0.4 is 5.32 Å². The molecular formula is C4H7NO2W. The van der Waals surface area contributed by atoms with Gasteiger partial charge in [0.15, 0.2) is 5.97 Å². The number of hydrogen-bond donors (Lipinski definition) is 2. The summed E-state index contributed by atoms with van der Waals surface area (Å²) >= 11 is 0. The summed E-state index contributed by atoms with van der Waals surface area (Å²) in [4.78, 5) is 9.61. The van der Waals surface area contributed by atoms with Crippen molar-refractivity contribution in [1.82, 2.24) is 5.32 Å². The summed E-state index contributed by atoms with van der Waals surface area (Å²) in [6.07, 6.45) is 0. The second kappa shape index (κ2) is 6.99. The van der Waals surface area contributed by atoms with Gasteiger partial charge < -0.3 is 17.3 Å². The van der Waals surface area contributed by atoms with Crippen molar-refractivity contribution in [2.24, 2.45) is 0 Å². The van der Waals surface area contributed by atoms with Gasteiger partial charge in [0.2, 0.25) is 0 Å². The SMILES string of the molecule is [CH2-]CN[CH-]C(=O)O.[W+2]. The Bertz CT molecular complexity index is 67.1. The first-order valence-electron chi connectivity index (χ1n) is 1.86. The molecule has 0 aromatic heterocycles.